The monoisotopic (exact) mass is 990 g/mol. The van der Waals surface area contributed by atoms with E-state index in [4.69, 9.17) is 21.6 Å². The molecule has 0 radical (unpaired) electrons. The van der Waals surface area contributed by atoms with Gasteiger partial charge in [0.25, 0.3) is 11.8 Å². The van der Waals surface area contributed by atoms with Crippen molar-refractivity contribution in [2.24, 2.45) is 0 Å². The van der Waals surface area contributed by atoms with Crippen LogP contribution in [0.2, 0.25) is 0 Å². The van der Waals surface area contributed by atoms with Gasteiger partial charge in [0.05, 0.1) is 23.8 Å². The molecule has 4 aliphatic rings. The average Bonchev–Trinajstić information content (AvgIpc) is 4.23. The summed E-state index contributed by atoms with van der Waals surface area (Å²) in [5.41, 5.74) is 8.67. The van der Waals surface area contributed by atoms with E-state index >= 15 is 0 Å². The average molecular weight is 992 g/mol. The fourth-order valence-electron chi connectivity index (χ4n) is 8.81. The second-order valence-electron chi connectivity index (χ2n) is 18.3. The summed E-state index contributed by atoms with van der Waals surface area (Å²) in [7, 11) is 4.28. The Morgan fingerprint density at radius 2 is 1.04 bits per heavy atom. The van der Waals surface area contributed by atoms with Crippen molar-refractivity contribution < 1.29 is 19.2 Å². The van der Waals surface area contributed by atoms with Crippen molar-refractivity contribution in [2.45, 2.75) is 38.5 Å². The summed E-state index contributed by atoms with van der Waals surface area (Å²) in [5, 5.41) is 9.07. The largest absolute Gasteiger partial charge is 0.357 e. The molecular formula is C52H63ClN10O4S2. The highest BCUT2D eigenvalue weighted by Crippen LogP contribution is 2.32. The van der Waals surface area contributed by atoms with Crippen molar-refractivity contribution in [3.63, 3.8) is 0 Å². The lowest BCUT2D eigenvalue weighted by Gasteiger charge is -2.31. The Hall–Kier alpha value is -5.33. The van der Waals surface area contributed by atoms with Crippen molar-refractivity contribution >= 4 is 57.7 Å². The van der Waals surface area contributed by atoms with E-state index in [2.05, 4.69) is 50.1 Å². The molecule has 8 heterocycles. The predicted octanol–water partition coefficient (Wildman–Crippen LogP) is 7.31. The van der Waals surface area contributed by atoms with Crippen LogP contribution >= 0.6 is 34.3 Å². The minimum absolute atomic E-state index is 0.00108. The summed E-state index contributed by atoms with van der Waals surface area (Å²) in [6, 6.07) is 19.7. The van der Waals surface area contributed by atoms with Gasteiger partial charge in [-0.25, -0.2) is 9.97 Å². The standard InChI is InChI=1S/C26H31N5O2S.C21H20ClN3O2S.C5H12N2/c1-29-9-11-30(12-10-29)17-22(32)14-19-5-4-6-20(13-19)25-28-24(18-34-25)21-15-23(27-16-21)26(33)31-7-2-3-8-31;22-11-17(26)9-14-4-3-5-15(8-14)20-24-19(13-28-20)16-10-18(23-12-16)21(27)25-6-1-2-7-25;1-7-4-2-6-3-5-7/h4-6,13,15-16,18,27H,2-3,7-12,14,17H2,1H3;3-5,8,10,12-13,23H,1-2,6-7,9,11H2;6H,2-5H2,1H3. The third-order valence-corrected chi connectivity index (χ3v) is 14.9. The van der Waals surface area contributed by atoms with Gasteiger partial charge in [0.1, 0.15) is 21.4 Å². The van der Waals surface area contributed by atoms with Crippen LogP contribution in [0.4, 0.5) is 0 Å². The van der Waals surface area contributed by atoms with Crippen molar-refractivity contribution in [1.82, 2.24) is 49.8 Å². The smallest absolute Gasteiger partial charge is 0.270 e. The number of hydrogen-bond donors (Lipinski definition) is 3. The number of likely N-dealkylation sites (tertiary alicyclic amines) is 2. The van der Waals surface area contributed by atoms with Crippen molar-refractivity contribution in [1.29, 1.82) is 0 Å². The molecule has 0 atom stereocenters. The normalized spacial score (nSPS) is 16.7. The number of benzene rings is 2. The van der Waals surface area contributed by atoms with Gasteiger partial charge in [0.2, 0.25) is 0 Å². The number of amides is 2. The second-order valence-corrected chi connectivity index (χ2v) is 20.3. The maximum atomic E-state index is 12.6. The molecule has 4 aromatic heterocycles. The Labute approximate surface area is 418 Å². The molecule has 17 heteroatoms. The maximum Gasteiger partial charge on any atom is 0.270 e. The Morgan fingerprint density at radius 3 is 1.49 bits per heavy atom. The zero-order chi connectivity index (χ0) is 48.1. The van der Waals surface area contributed by atoms with Gasteiger partial charge in [-0.2, -0.15) is 0 Å². The quantitative estimate of drug-likeness (QED) is 0.100. The molecule has 10 rings (SSSR count). The summed E-state index contributed by atoms with van der Waals surface area (Å²) >= 11 is 8.73. The van der Waals surface area contributed by atoms with E-state index in [-0.39, 0.29) is 29.3 Å². The van der Waals surface area contributed by atoms with E-state index in [0.717, 1.165) is 146 Å². The van der Waals surface area contributed by atoms with Crippen LogP contribution in [0.25, 0.3) is 43.7 Å². The van der Waals surface area contributed by atoms with Crippen molar-refractivity contribution in [2.75, 3.05) is 105 Å². The summed E-state index contributed by atoms with van der Waals surface area (Å²) in [6.45, 7) is 12.5. The molecule has 0 saturated carbocycles. The van der Waals surface area contributed by atoms with Crippen LogP contribution < -0.4 is 5.32 Å². The van der Waals surface area contributed by atoms with E-state index in [1.807, 2.05) is 87.6 Å². The van der Waals surface area contributed by atoms with Gasteiger partial charge in [0, 0.05) is 137 Å². The number of nitrogens with one attached hydrogen (secondary N) is 3. The molecule has 2 aromatic carbocycles. The first-order valence-corrected chi connectivity index (χ1v) is 26.3. The molecule has 6 aromatic rings. The molecule has 4 fully saturated rings. The third-order valence-electron chi connectivity index (χ3n) is 12.8. The number of Topliss-reactive ketones (excluding diaryl/α,β-unsaturated/α-hetero) is 2. The molecule has 69 heavy (non-hydrogen) atoms. The Bertz CT molecular complexity index is 2650. The number of carbonyl (C=O) groups is 4. The SMILES string of the molecule is CN1CCN(CC(=O)Cc2cccc(-c3nc(-c4c[nH]c(C(=O)N5CCCC5)c4)cs3)c2)CC1.CN1CCNCC1.O=C(CCl)Cc1cccc(-c2nc(-c3c[nH]c(C(=O)N4CCCC4)c3)cs2)c1. The maximum absolute atomic E-state index is 12.6. The minimum Gasteiger partial charge on any atom is -0.357 e. The van der Waals surface area contributed by atoms with E-state index in [1.165, 1.54) is 13.1 Å². The number of likely N-dealkylation sites (N-methyl/N-ethyl adjacent to an activating group) is 2. The molecule has 0 aliphatic carbocycles. The summed E-state index contributed by atoms with van der Waals surface area (Å²) < 4.78 is 0. The van der Waals surface area contributed by atoms with Crippen LogP contribution in [0.15, 0.2) is 83.8 Å². The molecule has 0 spiro atoms. The lowest BCUT2D eigenvalue weighted by molar-refractivity contribution is -0.120. The van der Waals surface area contributed by atoms with Crippen LogP contribution in [0.5, 0.6) is 0 Å². The number of aromatic nitrogens is 4. The number of thiazole rings is 2. The number of piperazine rings is 2. The Kier molecular flexibility index (Phi) is 17.8. The fourth-order valence-corrected chi connectivity index (χ4v) is 10.6. The zero-order valence-corrected chi connectivity index (χ0v) is 42.1. The van der Waals surface area contributed by atoms with Crippen LogP contribution in [-0.4, -0.2) is 173 Å². The number of hydrogen-bond acceptors (Lipinski definition) is 12. The van der Waals surface area contributed by atoms with Crippen LogP contribution in [-0.2, 0) is 22.4 Å². The van der Waals surface area contributed by atoms with E-state index in [1.54, 1.807) is 22.7 Å². The summed E-state index contributed by atoms with van der Waals surface area (Å²) in [6.07, 6.45) is 8.76. The number of carbonyl (C=O) groups excluding carboxylic acids is 4. The van der Waals surface area contributed by atoms with Crippen LogP contribution in [0.1, 0.15) is 57.8 Å². The van der Waals surface area contributed by atoms with Gasteiger partial charge in [-0.05, 0) is 75.2 Å². The first kappa shape index (κ1) is 50.1. The topological polar surface area (TPSA) is 154 Å². The molecule has 4 saturated heterocycles. The Morgan fingerprint density at radius 1 is 0.580 bits per heavy atom. The number of aromatic amines is 2. The molecule has 4 aliphatic heterocycles. The minimum atomic E-state index is 0.00108. The molecule has 3 N–H and O–H groups in total. The van der Waals surface area contributed by atoms with E-state index in [0.29, 0.717) is 30.8 Å². The highest BCUT2D eigenvalue weighted by Gasteiger charge is 2.23. The zero-order valence-electron chi connectivity index (χ0n) is 39.7. The number of H-pyrrole nitrogens is 2. The molecule has 364 valence electrons. The molecular weight excluding hydrogens is 928 g/mol. The molecule has 0 bridgehead atoms. The Balaban J connectivity index is 0.000000165. The predicted molar refractivity (Wildman–Crippen MR) is 277 cm³/mol. The lowest BCUT2D eigenvalue weighted by atomic mass is 10.1. The van der Waals surface area contributed by atoms with Crippen LogP contribution in [0, 0.1) is 0 Å². The number of ketones is 2. The lowest BCUT2D eigenvalue weighted by Crippen LogP contribution is -2.46. The number of halogens is 1. The molecule has 2 amide bonds. The third kappa shape index (κ3) is 13.9. The van der Waals surface area contributed by atoms with E-state index in [9.17, 15) is 19.2 Å². The summed E-state index contributed by atoms with van der Waals surface area (Å²) in [5.74, 6) is 0.395. The van der Waals surface area contributed by atoms with Gasteiger partial charge in [-0.3, -0.25) is 24.1 Å². The van der Waals surface area contributed by atoms with Crippen molar-refractivity contribution in [3.8, 4) is 43.7 Å². The van der Waals surface area contributed by atoms with Crippen molar-refractivity contribution in [3.05, 3.63) is 106 Å². The van der Waals surface area contributed by atoms with Gasteiger partial charge < -0.3 is 34.9 Å². The number of rotatable bonds is 13. The first-order chi connectivity index (χ1) is 33.6. The highest BCUT2D eigenvalue weighted by atomic mass is 35.5. The molecule has 14 nitrogen and oxygen atoms in total. The molecule has 0 unspecified atom stereocenters. The van der Waals surface area contributed by atoms with Gasteiger partial charge in [-0.1, -0.05) is 36.4 Å². The number of alkyl halides is 1. The van der Waals surface area contributed by atoms with E-state index < -0.39 is 0 Å². The van der Waals surface area contributed by atoms with Crippen LogP contribution in [0.3, 0.4) is 0 Å². The second kappa shape index (κ2) is 24.5. The van der Waals surface area contributed by atoms with Gasteiger partial charge >= 0.3 is 0 Å². The number of nitrogens with zero attached hydrogens (tertiary/aromatic N) is 7. The highest BCUT2D eigenvalue weighted by molar-refractivity contribution is 7.13. The summed E-state index contributed by atoms with van der Waals surface area (Å²) in [4.78, 5) is 75.8. The van der Waals surface area contributed by atoms with Gasteiger partial charge in [0.15, 0.2) is 11.6 Å². The first-order valence-electron chi connectivity index (χ1n) is 24.0. The fraction of sp³-hybridized carbons (Fsp3) is 0.423. The van der Waals surface area contributed by atoms with Gasteiger partial charge in [-0.15, -0.1) is 34.3 Å².